The smallest absolute Gasteiger partial charge is 0.262 e. The van der Waals surface area contributed by atoms with Gasteiger partial charge in [0, 0.05) is 30.3 Å². The van der Waals surface area contributed by atoms with Crippen LogP contribution in [0.1, 0.15) is 33.1 Å². The highest BCUT2D eigenvalue weighted by Gasteiger charge is 2.28. The van der Waals surface area contributed by atoms with Gasteiger partial charge in [0.25, 0.3) is 5.56 Å². The fourth-order valence-corrected chi connectivity index (χ4v) is 4.29. The summed E-state index contributed by atoms with van der Waals surface area (Å²) in [6, 6.07) is 5.70. The summed E-state index contributed by atoms with van der Waals surface area (Å²) in [7, 11) is 0. The Morgan fingerprint density at radius 3 is 2.96 bits per heavy atom. The predicted octanol–water partition coefficient (Wildman–Crippen LogP) is 3.59. The van der Waals surface area contributed by atoms with E-state index in [0.717, 1.165) is 4.47 Å². The average Bonchev–Trinajstić information content (AvgIpc) is 3.51. The molecule has 0 radical (unpaired) electrons. The van der Waals surface area contributed by atoms with Crippen molar-refractivity contribution >= 4 is 44.5 Å². The summed E-state index contributed by atoms with van der Waals surface area (Å²) in [5.41, 5.74) is 0.556. The van der Waals surface area contributed by atoms with Crippen LogP contribution in [0.2, 0.25) is 0 Å². The molecule has 1 N–H and O–H groups in total. The minimum Gasteiger partial charge on any atom is -0.382 e. The van der Waals surface area contributed by atoms with E-state index in [1.54, 1.807) is 10.6 Å². The second-order valence-corrected chi connectivity index (χ2v) is 8.90. The predicted molar refractivity (Wildman–Crippen MR) is 116 cm³/mol. The third kappa shape index (κ3) is 5.58. The van der Waals surface area contributed by atoms with Crippen molar-refractivity contribution in [1.82, 2.24) is 14.9 Å². The third-order valence-electron chi connectivity index (χ3n) is 4.81. The lowest BCUT2D eigenvalue weighted by Crippen LogP contribution is -2.35. The van der Waals surface area contributed by atoms with Crippen LogP contribution in [0, 0.1) is 5.92 Å². The van der Waals surface area contributed by atoms with Gasteiger partial charge in [-0.05, 0) is 57.2 Å². The summed E-state index contributed by atoms with van der Waals surface area (Å²) in [5, 5.41) is 4.20. The third-order valence-corrected chi connectivity index (χ3v) is 6.28. The zero-order chi connectivity index (χ0) is 20.1. The van der Waals surface area contributed by atoms with Gasteiger partial charge in [0.05, 0.1) is 16.7 Å². The molecule has 1 aliphatic carbocycles. The van der Waals surface area contributed by atoms with Crippen LogP contribution < -0.4 is 10.9 Å². The van der Waals surface area contributed by atoms with Crippen molar-refractivity contribution in [3.63, 3.8) is 0 Å². The fraction of sp³-hybridized carbons (Fsp3) is 0.550. The summed E-state index contributed by atoms with van der Waals surface area (Å²) in [4.78, 5) is 30.0. The molecule has 0 spiro atoms. The quantitative estimate of drug-likeness (QED) is 0.328. The summed E-state index contributed by atoms with van der Waals surface area (Å²) < 4.78 is 7.90. The second kappa shape index (κ2) is 9.89. The first-order chi connectivity index (χ1) is 13.5. The number of benzene rings is 1. The molecule has 3 rings (SSSR count). The fourth-order valence-electron chi connectivity index (χ4n) is 3.09. The van der Waals surface area contributed by atoms with Crippen molar-refractivity contribution in [2.24, 2.45) is 5.92 Å². The second-order valence-electron chi connectivity index (χ2n) is 7.05. The maximum atomic E-state index is 13.0. The van der Waals surface area contributed by atoms with Crippen molar-refractivity contribution in [3.05, 3.63) is 33.0 Å². The Balaban J connectivity index is 1.78. The van der Waals surface area contributed by atoms with E-state index >= 15 is 0 Å². The van der Waals surface area contributed by atoms with Crippen LogP contribution in [0.25, 0.3) is 10.9 Å². The van der Waals surface area contributed by atoms with Gasteiger partial charge in [0.2, 0.25) is 5.91 Å². The van der Waals surface area contributed by atoms with Crippen molar-refractivity contribution < 1.29 is 9.53 Å². The number of ether oxygens (including phenoxy) is 1. The molecule has 1 amide bonds. The van der Waals surface area contributed by atoms with E-state index < -0.39 is 0 Å². The number of nitrogens with zero attached hydrogens (tertiary/aromatic N) is 2. The Morgan fingerprint density at radius 1 is 1.46 bits per heavy atom. The van der Waals surface area contributed by atoms with E-state index in [0.29, 0.717) is 48.2 Å². The number of rotatable bonds is 10. The molecule has 1 aliphatic rings. The zero-order valence-electron chi connectivity index (χ0n) is 16.2. The molecule has 0 aliphatic heterocycles. The maximum absolute atomic E-state index is 13.0. The molecule has 152 valence electrons. The van der Waals surface area contributed by atoms with E-state index in [2.05, 4.69) is 33.2 Å². The molecule has 1 fully saturated rings. The van der Waals surface area contributed by atoms with Gasteiger partial charge in [-0.15, -0.1) is 0 Å². The number of fused-ring (bicyclic) bond motifs is 1. The van der Waals surface area contributed by atoms with Gasteiger partial charge in [-0.25, -0.2) is 4.98 Å². The van der Waals surface area contributed by atoms with Gasteiger partial charge < -0.3 is 10.1 Å². The monoisotopic (exact) mass is 467 g/mol. The van der Waals surface area contributed by atoms with Crippen molar-refractivity contribution in [3.8, 4) is 0 Å². The standard InChI is InChI=1S/C20H26BrN3O3S/c1-3-27-10-4-9-24-19(26)16-11-15(21)7-8-17(16)23-20(24)28-12-18(25)22-13(2)14-5-6-14/h7-8,11,13-14H,3-6,9-10,12H2,1-2H3,(H,22,25). The summed E-state index contributed by atoms with van der Waals surface area (Å²) in [5.74, 6) is 0.843. The van der Waals surface area contributed by atoms with Crippen molar-refractivity contribution in [2.75, 3.05) is 19.0 Å². The first-order valence-corrected chi connectivity index (χ1v) is 11.5. The van der Waals surface area contributed by atoms with Gasteiger partial charge in [0.1, 0.15) is 0 Å². The van der Waals surface area contributed by atoms with E-state index in [1.807, 2.05) is 19.1 Å². The molecule has 0 bridgehead atoms. The topological polar surface area (TPSA) is 73.2 Å². The molecule has 1 aromatic carbocycles. The van der Waals surface area contributed by atoms with Crippen LogP contribution in [0.15, 0.2) is 32.6 Å². The maximum Gasteiger partial charge on any atom is 0.262 e. The van der Waals surface area contributed by atoms with Crippen LogP contribution in [0.3, 0.4) is 0 Å². The zero-order valence-corrected chi connectivity index (χ0v) is 18.6. The summed E-state index contributed by atoms with van der Waals surface area (Å²) >= 11 is 4.73. The van der Waals surface area contributed by atoms with Gasteiger partial charge >= 0.3 is 0 Å². The minimum atomic E-state index is -0.0861. The van der Waals surface area contributed by atoms with Gasteiger partial charge in [-0.2, -0.15) is 0 Å². The number of carbonyl (C=O) groups excluding carboxylic acids is 1. The molecule has 28 heavy (non-hydrogen) atoms. The number of nitrogens with one attached hydrogen (secondary N) is 1. The molecule has 1 aromatic heterocycles. The first-order valence-electron chi connectivity index (χ1n) is 9.69. The highest BCUT2D eigenvalue weighted by Crippen LogP contribution is 2.32. The molecule has 2 aromatic rings. The lowest BCUT2D eigenvalue weighted by atomic mass is 10.2. The summed E-state index contributed by atoms with van der Waals surface area (Å²) in [6.07, 6.45) is 3.10. The Bertz CT molecular complexity index is 898. The molecular formula is C20H26BrN3O3S. The van der Waals surface area contributed by atoms with Crippen molar-refractivity contribution in [1.29, 1.82) is 0 Å². The number of thioether (sulfide) groups is 1. The van der Waals surface area contributed by atoms with Crippen molar-refractivity contribution in [2.45, 2.75) is 50.9 Å². The number of aromatic nitrogens is 2. The number of hydrogen-bond acceptors (Lipinski definition) is 5. The van der Waals surface area contributed by atoms with E-state index in [9.17, 15) is 9.59 Å². The van der Waals surface area contributed by atoms with Gasteiger partial charge in [-0.3, -0.25) is 14.2 Å². The van der Waals surface area contributed by atoms with E-state index in [-0.39, 0.29) is 23.3 Å². The Hall–Kier alpha value is -1.38. The average molecular weight is 468 g/mol. The number of amides is 1. The van der Waals surface area contributed by atoms with Crippen LogP contribution in [-0.2, 0) is 16.1 Å². The minimum absolute atomic E-state index is 0.0181. The summed E-state index contributed by atoms with van der Waals surface area (Å²) in [6.45, 7) is 5.75. The molecule has 6 nitrogen and oxygen atoms in total. The largest absolute Gasteiger partial charge is 0.382 e. The first kappa shape index (κ1) is 21.3. The van der Waals surface area contributed by atoms with Gasteiger partial charge in [-0.1, -0.05) is 27.7 Å². The molecular weight excluding hydrogens is 442 g/mol. The molecule has 1 heterocycles. The number of hydrogen-bond donors (Lipinski definition) is 1. The normalized spacial score (nSPS) is 15.0. The van der Waals surface area contributed by atoms with Crippen LogP contribution in [-0.4, -0.2) is 40.5 Å². The molecule has 1 saturated carbocycles. The Kier molecular flexibility index (Phi) is 7.54. The molecule has 0 saturated heterocycles. The highest BCUT2D eigenvalue weighted by atomic mass is 79.9. The van der Waals surface area contributed by atoms with E-state index in [4.69, 9.17) is 4.74 Å². The van der Waals surface area contributed by atoms with E-state index in [1.165, 1.54) is 24.6 Å². The molecule has 8 heteroatoms. The Labute approximate surface area is 177 Å². The van der Waals surface area contributed by atoms with Crippen LogP contribution in [0.4, 0.5) is 0 Å². The lowest BCUT2D eigenvalue weighted by Gasteiger charge is -2.15. The molecule has 1 atom stereocenters. The van der Waals surface area contributed by atoms with Gasteiger partial charge in [0.15, 0.2) is 5.16 Å². The number of carbonyl (C=O) groups is 1. The van der Waals surface area contributed by atoms with Crippen LogP contribution >= 0.6 is 27.7 Å². The lowest BCUT2D eigenvalue weighted by molar-refractivity contribution is -0.119. The Morgan fingerprint density at radius 2 is 2.25 bits per heavy atom. The van der Waals surface area contributed by atoms with Crippen LogP contribution in [0.5, 0.6) is 0 Å². The number of halogens is 1. The molecule has 1 unspecified atom stereocenters. The SMILES string of the molecule is CCOCCCn1c(SCC(=O)NC(C)C2CC2)nc2ccc(Br)cc2c1=O. The highest BCUT2D eigenvalue weighted by molar-refractivity contribution is 9.10.